The molecule has 1 aliphatic heterocycles. The third kappa shape index (κ3) is 8.67. The van der Waals surface area contributed by atoms with Gasteiger partial charge in [-0.05, 0) is 87.0 Å². The van der Waals surface area contributed by atoms with Crippen molar-refractivity contribution in [3.05, 3.63) is 102 Å². The van der Waals surface area contributed by atoms with Crippen molar-refractivity contribution in [3.63, 3.8) is 0 Å². The fourth-order valence-corrected chi connectivity index (χ4v) is 5.35. The summed E-state index contributed by atoms with van der Waals surface area (Å²) in [4.78, 5) is 18.7. The highest BCUT2D eigenvalue weighted by atomic mass is 16.1. The zero-order valence-corrected chi connectivity index (χ0v) is 26.0. The second-order valence-corrected chi connectivity index (χ2v) is 11.1. The monoisotopic (exact) mass is 591 g/mol. The molecule has 0 bridgehead atoms. The SMILES string of the molecule is CC1CCCN1.CCc1ccc(N(C(=N)CCc2c[nH]c3ccccc23)C(=N)CNC=O)cc1.Cc1c[nH]c2ccccc12. The predicted molar refractivity (Wildman–Crippen MR) is 184 cm³/mol. The minimum atomic E-state index is 0.0779. The molecule has 2 aromatic heterocycles. The summed E-state index contributed by atoms with van der Waals surface area (Å²) in [5.41, 5.74) is 6.74. The molecule has 1 unspecified atom stereocenters. The van der Waals surface area contributed by atoms with Gasteiger partial charge in [0.1, 0.15) is 11.7 Å². The Bertz CT molecular complexity index is 1640. The lowest BCUT2D eigenvalue weighted by atomic mass is 10.1. The van der Waals surface area contributed by atoms with E-state index in [1.807, 2.05) is 60.9 Å². The molecule has 1 atom stereocenters. The molecule has 44 heavy (non-hydrogen) atoms. The van der Waals surface area contributed by atoms with Crippen LogP contribution in [0.2, 0.25) is 0 Å². The molecule has 1 amide bonds. The van der Waals surface area contributed by atoms with Gasteiger partial charge in [-0.25, -0.2) is 0 Å². The van der Waals surface area contributed by atoms with Crippen molar-refractivity contribution in [1.29, 1.82) is 10.8 Å². The molecule has 3 aromatic carbocycles. The highest BCUT2D eigenvalue weighted by Gasteiger charge is 2.18. The Morgan fingerprint density at radius 1 is 0.932 bits per heavy atom. The molecule has 1 saturated heterocycles. The van der Waals surface area contributed by atoms with E-state index in [1.165, 1.54) is 41.4 Å². The van der Waals surface area contributed by atoms with Crippen molar-refractivity contribution in [3.8, 4) is 0 Å². The van der Waals surface area contributed by atoms with E-state index in [9.17, 15) is 4.79 Å². The number of aromatic nitrogens is 2. The van der Waals surface area contributed by atoms with Crippen molar-refractivity contribution in [2.75, 3.05) is 18.0 Å². The largest absolute Gasteiger partial charge is 0.361 e. The summed E-state index contributed by atoms with van der Waals surface area (Å²) in [6.07, 6.45) is 9.45. The summed E-state index contributed by atoms with van der Waals surface area (Å²) in [5, 5.41) is 25.3. The number of carbonyl (C=O) groups is 1. The number of nitrogens with one attached hydrogen (secondary N) is 6. The first-order valence-electron chi connectivity index (χ1n) is 15.4. The second-order valence-electron chi connectivity index (χ2n) is 11.1. The molecule has 1 aliphatic rings. The maximum atomic E-state index is 10.6. The number of nitrogens with zero attached hydrogens (tertiary/aromatic N) is 1. The number of fused-ring (bicyclic) bond motifs is 2. The molecule has 0 radical (unpaired) electrons. The van der Waals surface area contributed by atoms with Crippen LogP contribution >= 0.6 is 0 Å². The Kier molecular flexibility index (Phi) is 11.9. The Labute approximate surface area is 260 Å². The van der Waals surface area contributed by atoms with E-state index < -0.39 is 0 Å². The van der Waals surface area contributed by atoms with Crippen LogP contribution in [-0.2, 0) is 17.6 Å². The Morgan fingerprint density at radius 2 is 1.59 bits per heavy atom. The molecule has 3 heterocycles. The third-order valence-electron chi connectivity index (χ3n) is 7.90. The van der Waals surface area contributed by atoms with Gasteiger partial charge < -0.3 is 20.6 Å². The van der Waals surface area contributed by atoms with Crippen LogP contribution in [0.15, 0.2) is 85.2 Å². The van der Waals surface area contributed by atoms with Crippen LogP contribution < -0.4 is 15.5 Å². The number of aromatic amines is 2. The van der Waals surface area contributed by atoms with Crippen molar-refractivity contribution in [2.24, 2.45) is 0 Å². The number of rotatable bonds is 8. The Balaban J connectivity index is 0.000000222. The average Bonchev–Trinajstić information content (AvgIpc) is 3.80. The van der Waals surface area contributed by atoms with Crippen LogP contribution in [-0.4, -0.2) is 47.2 Å². The molecule has 5 aromatic rings. The van der Waals surface area contributed by atoms with Crippen molar-refractivity contribution >= 4 is 45.6 Å². The van der Waals surface area contributed by atoms with Crippen LogP contribution in [0.25, 0.3) is 21.8 Å². The molecule has 0 spiro atoms. The Hall–Kier alpha value is -4.69. The van der Waals surface area contributed by atoms with E-state index in [-0.39, 0.29) is 12.4 Å². The zero-order chi connectivity index (χ0) is 31.3. The molecule has 8 heteroatoms. The van der Waals surface area contributed by atoms with E-state index in [2.05, 4.69) is 65.6 Å². The van der Waals surface area contributed by atoms with E-state index in [0.717, 1.165) is 34.6 Å². The van der Waals surface area contributed by atoms with Gasteiger partial charge in [0.15, 0.2) is 0 Å². The summed E-state index contributed by atoms with van der Waals surface area (Å²) in [7, 11) is 0. The number of anilines is 1. The van der Waals surface area contributed by atoms with Gasteiger partial charge in [-0.2, -0.15) is 0 Å². The standard InChI is InChI=1S/C22H25N5O.C9H9N.C5H11N/c1-2-16-7-10-18(11-8-16)27(22(24)14-25-15-28)21(23)12-9-17-13-26-20-6-4-3-5-19(17)20;1-7-6-10-9-5-3-2-4-8(7)9;1-5-3-2-4-6-5/h3-8,10-11,13,15,23-24,26H,2,9,12,14H2,1H3,(H,25,28);2-6,10H,1H3;5-6H,2-4H2,1H3. The zero-order valence-electron chi connectivity index (χ0n) is 26.0. The molecule has 230 valence electrons. The quantitative estimate of drug-likeness (QED) is 0.0655. The number of amides is 1. The summed E-state index contributed by atoms with van der Waals surface area (Å²) in [6.45, 7) is 7.74. The summed E-state index contributed by atoms with van der Waals surface area (Å²) in [5.74, 6) is 0.493. The normalized spacial score (nSPS) is 13.8. The van der Waals surface area contributed by atoms with E-state index in [4.69, 9.17) is 10.8 Å². The molecule has 6 rings (SSSR count). The van der Waals surface area contributed by atoms with E-state index in [0.29, 0.717) is 25.1 Å². The molecule has 0 saturated carbocycles. The number of hydrogen-bond acceptors (Lipinski definition) is 4. The van der Waals surface area contributed by atoms with Gasteiger partial charge in [-0.1, -0.05) is 55.5 Å². The Morgan fingerprint density at radius 3 is 2.18 bits per heavy atom. The van der Waals surface area contributed by atoms with Gasteiger partial charge in [0.05, 0.1) is 6.54 Å². The lowest BCUT2D eigenvalue weighted by molar-refractivity contribution is -0.109. The van der Waals surface area contributed by atoms with Gasteiger partial charge in [-0.3, -0.25) is 20.5 Å². The summed E-state index contributed by atoms with van der Waals surface area (Å²) >= 11 is 0. The van der Waals surface area contributed by atoms with Crippen molar-refractivity contribution < 1.29 is 4.79 Å². The van der Waals surface area contributed by atoms with Crippen LogP contribution in [0, 0.1) is 17.7 Å². The van der Waals surface area contributed by atoms with Gasteiger partial charge in [0.2, 0.25) is 6.41 Å². The first-order chi connectivity index (χ1) is 21.4. The van der Waals surface area contributed by atoms with Crippen LogP contribution in [0.3, 0.4) is 0 Å². The van der Waals surface area contributed by atoms with Crippen LogP contribution in [0.1, 0.15) is 49.8 Å². The number of carbonyl (C=O) groups excluding carboxylic acids is 1. The fourth-order valence-electron chi connectivity index (χ4n) is 5.35. The molecular weight excluding hydrogens is 546 g/mol. The fraction of sp³-hybridized carbons (Fsp3) is 0.306. The van der Waals surface area contributed by atoms with Crippen molar-refractivity contribution in [2.45, 2.75) is 58.9 Å². The summed E-state index contributed by atoms with van der Waals surface area (Å²) in [6, 6.07) is 25.1. The lowest BCUT2D eigenvalue weighted by Gasteiger charge is -2.26. The number of hydrogen-bond donors (Lipinski definition) is 6. The summed E-state index contributed by atoms with van der Waals surface area (Å²) < 4.78 is 0. The molecular formula is C36H45N7O. The second kappa shape index (κ2) is 16.2. The van der Waals surface area contributed by atoms with Gasteiger partial charge in [-0.15, -0.1) is 0 Å². The topological polar surface area (TPSA) is 124 Å². The number of aryl methyl sites for hydroxylation is 3. The number of amidine groups is 2. The van der Waals surface area contributed by atoms with Gasteiger partial charge in [0, 0.05) is 52.3 Å². The highest BCUT2D eigenvalue weighted by molar-refractivity contribution is 6.17. The lowest BCUT2D eigenvalue weighted by Crippen LogP contribution is -2.41. The van der Waals surface area contributed by atoms with Gasteiger partial charge >= 0.3 is 0 Å². The van der Waals surface area contributed by atoms with Gasteiger partial charge in [0.25, 0.3) is 0 Å². The maximum absolute atomic E-state index is 10.6. The number of H-pyrrole nitrogens is 2. The minimum absolute atomic E-state index is 0.0779. The number of benzene rings is 3. The maximum Gasteiger partial charge on any atom is 0.207 e. The van der Waals surface area contributed by atoms with Crippen LogP contribution in [0.4, 0.5) is 5.69 Å². The first kappa shape index (κ1) is 32.2. The predicted octanol–water partition coefficient (Wildman–Crippen LogP) is 7.10. The van der Waals surface area contributed by atoms with E-state index >= 15 is 0 Å². The third-order valence-corrected chi connectivity index (χ3v) is 7.90. The molecule has 8 nitrogen and oxygen atoms in total. The van der Waals surface area contributed by atoms with E-state index in [1.54, 1.807) is 4.90 Å². The first-order valence-corrected chi connectivity index (χ1v) is 15.4. The molecule has 6 N–H and O–H groups in total. The van der Waals surface area contributed by atoms with Crippen molar-refractivity contribution in [1.82, 2.24) is 20.6 Å². The molecule has 1 fully saturated rings. The van der Waals surface area contributed by atoms with Crippen LogP contribution in [0.5, 0.6) is 0 Å². The average molecular weight is 592 g/mol. The smallest absolute Gasteiger partial charge is 0.207 e. The highest BCUT2D eigenvalue weighted by Crippen LogP contribution is 2.22. The minimum Gasteiger partial charge on any atom is -0.361 e. The number of para-hydroxylation sites is 2. The molecule has 0 aliphatic carbocycles.